The maximum absolute atomic E-state index is 12.0. The van der Waals surface area contributed by atoms with Gasteiger partial charge in [-0.05, 0) is 39.2 Å². The van der Waals surface area contributed by atoms with Gasteiger partial charge in [-0.1, -0.05) is 25.7 Å². The van der Waals surface area contributed by atoms with Crippen molar-refractivity contribution >= 4 is 5.91 Å². The highest BCUT2D eigenvalue weighted by Gasteiger charge is 2.20. The number of amides is 1. The zero-order valence-electron chi connectivity index (χ0n) is 10.5. The Morgan fingerprint density at radius 2 is 1.94 bits per heavy atom. The Bertz CT molecular complexity index is 198. The minimum atomic E-state index is 0.267. The Labute approximate surface area is 99.2 Å². The van der Waals surface area contributed by atoms with Gasteiger partial charge in [-0.2, -0.15) is 0 Å². The topological polar surface area (TPSA) is 55.1 Å². The maximum atomic E-state index is 12.0. The largest absolute Gasteiger partial charge is 0.353 e. The fourth-order valence-electron chi connectivity index (χ4n) is 2.40. The van der Waals surface area contributed by atoms with Crippen molar-refractivity contribution in [1.82, 2.24) is 5.32 Å². The fraction of sp³-hybridized carbons (Fsp3) is 0.923. The highest BCUT2D eigenvalue weighted by atomic mass is 16.1. The number of rotatable bonds is 5. The number of carbonyl (C=O) groups is 1. The van der Waals surface area contributed by atoms with Gasteiger partial charge >= 0.3 is 0 Å². The molecule has 0 bridgehead atoms. The van der Waals surface area contributed by atoms with E-state index in [-0.39, 0.29) is 17.9 Å². The van der Waals surface area contributed by atoms with Crippen LogP contribution in [0.4, 0.5) is 0 Å². The summed E-state index contributed by atoms with van der Waals surface area (Å²) in [4.78, 5) is 12.0. The molecule has 0 heterocycles. The molecule has 1 aliphatic rings. The van der Waals surface area contributed by atoms with Crippen LogP contribution in [0.5, 0.6) is 0 Å². The summed E-state index contributed by atoms with van der Waals surface area (Å²) in [7, 11) is 0. The van der Waals surface area contributed by atoms with Gasteiger partial charge in [0.15, 0.2) is 0 Å². The summed E-state index contributed by atoms with van der Waals surface area (Å²) in [6, 6.07) is 0.277. The minimum Gasteiger partial charge on any atom is -0.353 e. The highest BCUT2D eigenvalue weighted by molar-refractivity contribution is 5.78. The van der Waals surface area contributed by atoms with E-state index in [0.29, 0.717) is 6.54 Å². The highest BCUT2D eigenvalue weighted by Crippen LogP contribution is 2.23. The van der Waals surface area contributed by atoms with E-state index in [1.807, 2.05) is 0 Å². The first-order valence-electron chi connectivity index (χ1n) is 6.74. The Morgan fingerprint density at radius 1 is 1.31 bits per heavy atom. The summed E-state index contributed by atoms with van der Waals surface area (Å²) in [6.45, 7) is 2.79. The zero-order valence-corrected chi connectivity index (χ0v) is 10.5. The Hall–Kier alpha value is -0.570. The van der Waals surface area contributed by atoms with E-state index in [4.69, 9.17) is 5.73 Å². The molecule has 16 heavy (non-hydrogen) atoms. The van der Waals surface area contributed by atoms with E-state index in [9.17, 15) is 4.79 Å². The van der Waals surface area contributed by atoms with E-state index >= 15 is 0 Å². The standard InChI is InChI=1S/C13H26N2O/c1-11(7-6-10-14)15-13(16)12-8-4-2-3-5-9-12/h11-12H,2-10,14H2,1H3,(H,15,16). The Kier molecular flexibility index (Phi) is 6.46. The third-order valence-electron chi connectivity index (χ3n) is 3.46. The quantitative estimate of drug-likeness (QED) is 0.706. The second kappa shape index (κ2) is 7.66. The van der Waals surface area contributed by atoms with Crippen LogP contribution in [0, 0.1) is 5.92 Å². The van der Waals surface area contributed by atoms with E-state index < -0.39 is 0 Å². The van der Waals surface area contributed by atoms with Crippen molar-refractivity contribution in [2.24, 2.45) is 11.7 Å². The van der Waals surface area contributed by atoms with Crippen LogP contribution in [-0.2, 0) is 4.79 Å². The molecule has 3 nitrogen and oxygen atoms in total. The molecule has 0 radical (unpaired) electrons. The molecule has 1 fully saturated rings. The van der Waals surface area contributed by atoms with E-state index in [1.165, 1.54) is 25.7 Å². The van der Waals surface area contributed by atoms with Gasteiger partial charge in [0.25, 0.3) is 0 Å². The number of nitrogens with two attached hydrogens (primary N) is 1. The van der Waals surface area contributed by atoms with E-state index in [2.05, 4.69) is 12.2 Å². The second-order valence-electron chi connectivity index (χ2n) is 5.03. The molecule has 1 atom stereocenters. The van der Waals surface area contributed by atoms with Crippen LogP contribution < -0.4 is 11.1 Å². The minimum absolute atomic E-state index is 0.267. The van der Waals surface area contributed by atoms with Crippen molar-refractivity contribution < 1.29 is 4.79 Å². The van der Waals surface area contributed by atoms with Crippen molar-refractivity contribution in [2.75, 3.05) is 6.54 Å². The molecule has 0 aromatic rings. The van der Waals surface area contributed by atoms with Crippen molar-refractivity contribution in [1.29, 1.82) is 0 Å². The molecule has 1 amide bonds. The molecular weight excluding hydrogens is 200 g/mol. The van der Waals surface area contributed by atoms with Crippen LogP contribution >= 0.6 is 0 Å². The molecule has 1 unspecified atom stereocenters. The third kappa shape index (κ3) is 4.97. The molecule has 1 aliphatic carbocycles. The molecule has 3 N–H and O–H groups in total. The average molecular weight is 226 g/mol. The first-order chi connectivity index (χ1) is 7.74. The summed E-state index contributed by atoms with van der Waals surface area (Å²) >= 11 is 0. The summed E-state index contributed by atoms with van der Waals surface area (Å²) < 4.78 is 0. The summed E-state index contributed by atoms with van der Waals surface area (Å²) in [5, 5.41) is 3.12. The van der Waals surface area contributed by atoms with Crippen LogP contribution in [0.2, 0.25) is 0 Å². The molecular formula is C13H26N2O. The fourth-order valence-corrected chi connectivity index (χ4v) is 2.40. The number of hydrogen-bond acceptors (Lipinski definition) is 2. The lowest BCUT2D eigenvalue weighted by Gasteiger charge is -2.18. The predicted molar refractivity (Wildman–Crippen MR) is 67.1 cm³/mol. The molecule has 0 aromatic carbocycles. The summed E-state index contributed by atoms with van der Waals surface area (Å²) in [5.74, 6) is 0.536. The van der Waals surface area contributed by atoms with Crippen molar-refractivity contribution in [3.8, 4) is 0 Å². The molecule has 0 aromatic heterocycles. The zero-order chi connectivity index (χ0) is 11.8. The molecule has 3 heteroatoms. The smallest absolute Gasteiger partial charge is 0.223 e. The normalized spacial score (nSPS) is 20.1. The van der Waals surface area contributed by atoms with Gasteiger partial charge in [0.1, 0.15) is 0 Å². The van der Waals surface area contributed by atoms with Gasteiger partial charge in [-0.25, -0.2) is 0 Å². The summed E-state index contributed by atoms with van der Waals surface area (Å²) in [5.41, 5.74) is 5.46. The molecule has 1 rings (SSSR count). The van der Waals surface area contributed by atoms with Gasteiger partial charge in [-0.15, -0.1) is 0 Å². The lowest BCUT2D eigenvalue weighted by molar-refractivity contribution is -0.126. The molecule has 1 saturated carbocycles. The first kappa shape index (κ1) is 13.5. The van der Waals surface area contributed by atoms with Crippen LogP contribution in [0.3, 0.4) is 0 Å². The molecule has 0 spiro atoms. The van der Waals surface area contributed by atoms with Crippen molar-refractivity contribution in [2.45, 2.75) is 64.3 Å². The van der Waals surface area contributed by atoms with Crippen molar-refractivity contribution in [3.63, 3.8) is 0 Å². The first-order valence-corrected chi connectivity index (χ1v) is 6.74. The van der Waals surface area contributed by atoms with Crippen molar-refractivity contribution in [3.05, 3.63) is 0 Å². The SMILES string of the molecule is CC(CCCN)NC(=O)C1CCCCCC1. The average Bonchev–Trinajstić information content (AvgIpc) is 2.54. The maximum Gasteiger partial charge on any atom is 0.223 e. The van der Waals surface area contributed by atoms with Gasteiger partial charge in [0, 0.05) is 12.0 Å². The Balaban J connectivity index is 2.26. The van der Waals surface area contributed by atoms with Gasteiger partial charge in [0.2, 0.25) is 5.91 Å². The lowest BCUT2D eigenvalue weighted by atomic mass is 9.99. The number of carbonyl (C=O) groups excluding carboxylic acids is 1. The molecule has 94 valence electrons. The van der Waals surface area contributed by atoms with Crippen LogP contribution in [0.15, 0.2) is 0 Å². The predicted octanol–water partition coefficient (Wildman–Crippen LogP) is 2.20. The Morgan fingerprint density at radius 3 is 2.50 bits per heavy atom. The number of nitrogens with one attached hydrogen (secondary N) is 1. The van der Waals surface area contributed by atoms with E-state index in [1.54, 1.807) is 0 Å². The molecule has 0 aliphatic heterocycles. The monoisotopic (exact) mass is 226 g/mol. The number of hydrogen-bond donors (Lipinski definition) is 2. The molecule has 0 saturated heterocycles. The van der Waals surface area contributed by atoms with Crippen LogP contribution in [0.25, 0.3) is 0 Å². The van der Waals surface area contributed by atoms with E-state index in [0.717, 1.165) is 25.7 Å². The van der Waals surface area contributed by atoms with Crippen LogP contribution in [-0.4, -0.2) is 18.5 Å². The third-order valence-corrected chi connectivity index (χ3v) is 3.46. The summed E-state index contributed by atoms with van der Waals surface area (Å²) in [6.07, 6.45) is 9.18. The lowest BCUT2D eigenvalue weighted by Crippen LogP contribution is -2.37. The second-order valence-corrected chi connectivity index (χ2v) is 5.03. The van der Waals surface area contributed by atoms with Crippen LogP contribution in [0.1, 0.15) is 58.3 Å². The van der Waals surface area contributed by atoms with Gasteiger partial charge < -0.3 is 11.1 Å². The van der Waals surface area contributed by atoms with Gasteiger partial charge in [-0.3, -0.25) is 4.79 Å². The van der Waals surface area contributed by atoms with Gasteiger partial charge in [0.05, 0.1) is 0 Å².